The summed E-state index contributed by atoms with van der Waals surface area (Å²) in [5.41, 5.74) is -0.957. The van der Waals surface area contributed by atoms with Crippen molar-refractivity contribution in [1.82, 2.24) is 15.5 Å². The molecule has 0 aromatic rings. The Morgan fingerprint density at radius 3 is 2.56 bits per heavy atom. The topological polar surface area (TPSA) is 97.0 Å². The summed E-state index contributed by atoms with van der Waals surface area (Å²) in [7, 11) is 0. The first-order valence-corrected chi connectivity index (χ1v) is 9.99. The second kappa shape index (κ2) is 10.0. The van der Waals surface area contributed by atoms with E-state index in [0.717, 1.165) is 25.9 Å². The fourth-order valence-electron chi connectivity index (χ4n) is 3.99. The van der Waals surface area contributed by atoms with Crippen LogP contribution in [0.4, 0.5) is 0 Å². The minimum absolute atomic E-state index is 0.0184. The zero-order valence-electron chi connectivity index (χ0n) is 16.7. The molecule has 0 radical (unpaired) electrons. The zero-order valence-corrected chi connectivity index (χ0v) is 16.7. The molecule has 2 rings (SSSR count). The number of carbonyl (C=O) groups is 3. The third-order valence-electron chi connectivity index (χ3n) is 5.21. The van der Waals surface area contributed by atoms with Gasteiger partial charge < -0.3 is 25.0 Å². The lowest BCUT2D eigenvalue weighted by Crippen LogP contribution is -2.69. The summed E-state index contributed by atoms with van der Waals surface area (Å²) >= 11 is 0. The predicted molar refractivity (Wildman–Crippen MR) is 100 cm³/mol. The highest BCUT2D eigenvalue weighted by Crippen LogP contribution is 2.33. The molecule has 8 heteroatoms. The third kappa shape index (κ3) is 5.65. The number of piperidine rings is 1. The van der Waals surface area contributed by atoms with Crippen LogP contribution in [-0.4, -0.2) is 73.7 Å². The van der Waals surface area contributed by atoms with Gasteiger partial charge in [0.05, 0.1) is 25.6 Å². The highest BCUT2D eigenvalue weighted by molar-refractivity contribution is 5.92. The number of hydrogen-bond acceptors (Lipinski definition) is 7. The fraction of sp³-hybridized carbons (Fsp3) is 0.842. The highest BCUT2D eigenvalue weighted by atomic mass is 16.5. The maximum Gasteiger partial charge on any atom is 0.308 e. The lowest BCUT2D eigenvalue weighted by Gasteiger charge is -2.47. The van der Waals surface area contributed by atoms with E-state index in [9.17, 15) is 14.4 Å². The molecule has 154 valence electrons. The molecule has 8 nitrogen and oxygen atoms in total. The predicted octanol–water partition coefficient (Wildman–Crippen LogP) is 0.452. The molecule has 2 heterocycles. The summed E-state index contributed by atoms with van der Waals surface area (Å²) in [6.45, 7) is 8.76. The summed E-state index contributed by atoms with van der Waals surface area (Å²) in [5, 5.41) is 6.67. The second-order valence-corrected chi connectivity index (χ2v) is 7.49. The van der Waals surface area contributed by atoms with Crippen molar-refractivity contribution in [1.29, 1.82) is 0 Å². The Labute approximate surface area is 161 Å². The minimum atomic E-state index is -0.957. The van der Waals surface area contributed by atoms with Gasteiger partial charge in [-0.2, -0.15) is 0 Å². The molecule has 0 bridgehead atoms. The van der Waals surface area contributed by atoms with E-state index in [-0.39, 0.29) is 42.7 Å². The fourth-order valence-corrected chi connectivity index (χ4v) is 3.99. The largest absolute Gasteiger partial charge is 0.466 e. The van der Waals surface area contributed by atoms with E-state index in [1.807, 2.05) is 0 Å². The van der Waals surface area contributed by atoms with E-state index in [2.05, 4.69) is 10.6 Å². The van der Waals surface area contributed by atoms with Crippen LogP contribution in [0.15, 0.2) is 0 Å². The molecule has 1 amide bonds. The Balaban J connectivity index is 2.15. The average molecular weight is 383 g/mol. The highest BCUT2D eigenvalue weighted by Gasteiger charge is 2.51. The summed E-state index contributed by atoms with van der Waals surface area (Å²) in [6.07, 6.45) is 1.60. The van der Waals surface area contributed by atoms with E-state index in [1.54, 1.807) is 25.7 Å². The third-order valence-corrected chi connectivity index (χ3v) is 5.21. The molecule has 2 fully saturated rings. The molecule has 2 saturated heterocycles. The molecule has 2 aliphatic heterocycles. The zero-order chi connectivity index (χ0) is 19.9. The quantitative estimate of drug-likeness (QED) is 0.588. The smallest absolute Gasteiger partial charge is 0.308 e. The second-order valence-electron chi connectivity index (χ2n) is 7.49. The molecule has 0 aromatic heterocycles. The molecule has 1 atom stereocenters. The molecule has 0 aliphatic carbocycles. The van der Waals surface area contributed by atoms with Crippen LogP contribution in [0, 0.1) is 5.92 Å². The molecular formula is C19H33N3O5. The summed E-state index contributed by atoms with van der Waals surface area (Å²) in [6, 6.07) is 0. The van der Waals surface area contributed by atoms with Gasteiger partial charge in [-0.1, -0.05) is 0 Å². The monoisotopic (exact) mass is 383 g/mol. The number of rotatable bonds is 8. The van der Waals surface area contributed by atoms with Crippen molar-refractivity contribution in [3.63, 3.8) is 0 Å². The number of amides is 1. The first-order valence-electron chi connectivity index (χ1n) is 9.99. The summed E-state index contributed by atoms with van der Waals surface area (Å²) in [5.74, 6) is -0.728. The minimum Gasteiger partial charge on any atom is -0.466 e. The van der Waals surface area contributed by atoms with Gasteiger partial charge in [-0.15, -0.1) is 0 Å². The van der Waals surface area contributed by atoms with Gasteiger partial charge in [-0.25, -0.2) is 0 Å². The SMILES string of the molecule is CCOC(=O)CCN1CCN[C@@](CC(=O)OC(C)C)(C2CCNCC2)C1=O. The van der Waals surface area contributed by atoms with Gasteiger partial charge >= 0.3 is 11.9 Å². The molecule has 0 unspecified atom stereocenters. The van der Waals surface area contributed by atoms with Crippen molar-refractivity contribution in [2.75, 3.05) is 39.3 Å². The van der Waals surface area contributed by atoms with Gasteiger partial charge in [-0.3, -0.25) is 14.4 Å². The number of ether oxygens (including phenoxy) is 2. The number of hydrogen-bond donors (Lipinski definition) is 2. The van der Waals surface area contributed by atoms with Crippen molar-refractivity contribution < 1.29 is 23.9 Å². The van der Waals surface area contributed by atoms with Crippen LogP contribution in [0.2, 0.25) is 0 Å². The number of carbonyl (C=O) groups excluding carboxylic acids is 3. The van der Waals surface area contributed by atoms with E-state index < -0.39 is 5.54 Å². The lowest BCUT2D eigenvalue weighted by molar-refractivity contribution is -0.159. The maximum absolute atomic E-state index is 13.4. The molecule has 0 spiro atoms. The van der Waals surface area contributed by atoms with Crippen molar-refractivity contribution in [2.24, 2.45) is 5.92 Å². The number of esters is 2. The van der Waals surface area contributed by atoms with E-state index >= 15 is 0 Å². The van der Waals surface area contributed by atoms with Crippen molar-refractivity contribution in [3.05, 3.63) is 0 Å². The number of nitrogens with zero attached hydrogens (tertiary/aromatic N) is 1. The van der Waals surface area contributed by atoms with E-state index in [4.69, 9.17) is 9.47 Å². The Bertz CT molecular complexity index is 533. The lowest BCUT2D eigenvalue weighted by atomic mass is 9.73. The molecule has 2 aliphatic rings. The van der Waals surface area contributed by atoms with Crippen LogP contribution < -0.4 is 10.6 Å². The number of piperazine rings is 1. The van der Waals surface area contributed by atoms with Gasteiger partial charge in [0.2, 0.25) is 5.91 Å². The first kappa shape index (κ1) is 21.6. The Hall–Kier alpha value is -1.67. The van der Waals surface area contributed by atoms with Crippen LogP contribution in [0.5, 0.6) is 0 Å². The Kier molecular flexibility index (Phi) is 8.04. The molecule has 0 saturated carbocycles. The van der Waals surface area contributed by atoms with E-state index in [1.165, 1.54) is 0 Å². The van der Waals surface area contributed by atoms with Gasteiger partial charge in [0, 0.05) is 19.6 Å². The molecule has 2 N–H and O–H groups in total. The van der Waals surface area contributed by atoms with Crippen molar-refractivity contribution in [2.45, 2.75) is 58.1 Å². The molecule has 27 heavy (non-hydrogen) atoms. The molecular weight excluding hydrogens is 350 g/mol. The summed E-state index contributed by atoms with van der Waals surface area (Å²) < 4.78 is 10.3. The normalized spacial score (nSPS) is 24.1. The first-order chi connectivity index (χ1) is 12.9. The van der Waals surface area contributed by atoms with Gasteiger partial charge in [-0.05, 0) is 52.6 Å². The van der Waals surface area contributed by atoms with Gasteiger partial charge in [0.15, 0.2) is 0 Å². The van der Waals surface area contributed by atoms with E-state index in [0.29, 0.717) is 26.2 Å². The van der Waals surface area contributed by atoms with Gasteiger partial charge in [0.1, 0.15) is 5.54 Å². The average Bonchev–Trinajstić information content (AvgIpc) is 2.63. The number of nitrogens with one attached hydrogen (secondary N) is 2. The summed E-state index contributed by atoms with van der Waals surface area (Å²) in [4.78, 5) is 39.3. The van der Waals surface area contributed by atoms with Crippen molar-refractivity contribution in [3.8, 4) is 0 Å². The van der Waals surface area contributed by atoms with Crippen LogP contribution in [0.25, 0.3) is 0 Å². The van der Waals surface area contributed by atoms with Gasteiger partial charge in [0.25, 0.3) is 0 Å². The Morgan fingerprint density at radius 1 is 1.22 bits per heavy atom. The Morgan fingerprint density at radius 2 is 1.93 bits per heavy atom. The standard InChI is InChI=1S/C19H33N3O5/c1-4-26-16(23)7-11-22-12-10-21-19(18(22)25,13-17(24)27-14(2)3)15-5-8-20-9-6-15/h14-15,20-21H,4-13H2,1-3H3/t19-/m0/s1. The van der Waals surface area contributed by atoms with Crippen LogP contribution in [0.3, 0.4) is 0 Å². The van der Waals surface area contributed by atoms with Crippen molar-refractivity contribution >= 4 is 17.8 Å². The maximum atomic E-state index is 13.4. The van der Waals surface area contributed by atoms with Crippen LogP contribution >= 0.6 is 0 Å². The molecule has 0 aromatic carbocycles. The van der Waals surface area contributed by atoms with Crippen LogP contribution in [-0.2, 0) is 23.9 Å². The van der Waals surface area contributed by atoms with Crippen LogP contribution in [0.1, 0.15) is 46.5 Å².